The van der Waals surface area contributed by atoms with Crippen molar-refractivity contribution in [2.75, 3.05) is 0 Å². The number of pyridine rings is 1. The Labute approximate surface area is 74.5 Å². The van der Waals surface area contributed by atoms with Gasteiger partial charge in [0.05, 0.1) is 5.69 Å². The number of aliphatic hydroxyl groups excluding tert-OH is 1. The number of aliphatic hydroxyl groups is 1. The Kier molecular flexibility index (Phi) is 2.72. The number of rotatable bonds is 3. The van der Waals surface area contributed by atoms with Crippen molar-refractivity contribution in [3.8, 4) is 0 Å². The molecule has 1 aromatic rings. The van der Waals surface area contributed by atoms with Crippen molar-refractivity contribution in [3.63, 3.8) is 0 Å². The third kappa shape index (κ3) is 2.09. The van der Waals surface area contributed by atoms with E-state index in [1.54, 1.807) is 6.07 Å². The van der Waals surface area contributed by atoms with Crippen molar-refractivity contribution in [2.45, 2.75) is 12.0 Å². The van der Waals surface area contributed by atoms with Crippen LogP contribution in [0.15, 0.2) is 37.1 Å². The van der Waals surface area contributed by atoms with E-state index in [4.69, 9.17) is 5.11 Å². The molecule has 1 unspecified atom stereocenters. The molecule has 1 heterocycles. The lowest BCUT2D eigenvalue weighted by molar-refractivity contribution is -0.0731. The molecule has 1 N–H and O–H groups in total. The fourth-order valence-corrected chi connectivity index (χ4v) is 0.847. The second-order valence-corrected chi connectivity index (χ2v) is 2.54. The van der Waals surface area contributed by atoms with Crippen LogP contribution >= 0.6 is 0 Å². The van der Waals surface area contributed by atoms with E-state index in [0.717, 1.165) is 0 Å². The van der Waals surface area contributed by atoms with Gasteiger partial charge in [0.2, 0.25) is 0 Å². The maximum Gasteiger partial charge on any atom is 0.297 e. The van der Waals surface area contributed by atoms with Crippen LogP contribution in [0.1, 0.15) is 11.8 Å². The van der Waals surface area contributed by atoms with Crippen LogP contribution in [0.2, 0.25) is 0 Å². The van der Waals surface area contributed by atoms with Crippen LogP contribution in [0.3, 0.4) is 0 Å². The lowest BCUT2D eigenvalue weighted by atomic mass is 10.1. The molecule has 1 aromatic heterocycles. The maximum atomic E-state index is 12.8. The van der Waals surface area contributed by atoms with E-state index in [-0.39, 0.29) is 5.69 Å². The Morgan fingerprint density at radius 2 is 2.23 bits per heavy atom. The second-order valence-electron chi connectivity index (χ2n) is 2.54. The topological polar surface area (TPSA) is 33.1 Å². The van der Waals surface area contributed by atoms with Crippen molar-refractivity contribution in [1.82, 2.24) is 4.98 Å². The minimum atomic E-state index is -3.34. The molecule has 1 rings (SSSR count). The molecule has 0 aliphatic carbocycles. The summed E-state index contributed by atoms with van der Waals surface area (Å²) in [4.78, 5) is 3.62. The van der Waals surface area contributed by atoms with E-state index < -0.39 is 12.0 Å². The van der Waals surface area contributed by atoms with Gasteiger partial charge in [0.1, 0.15) is 0 Å². The first kappa shape index (κ1) is 9.80. The number of hydrogen-bond donors (Lipinski definition) is 1. The Morgan fingerprint density at radius 3 is 2.69 bits per heavy atom. The molecular formula is C9H9F2NO. The highest BCUT2D eigenvalue weighted by Gasteiger charge is 2.36. The lowest BCUT2D eigenvalue weighted by Gasteiger charge is -2.17. The molecule has 0 radical (unpaired) electrons. The fraction of sp³-hybridized carbons (Fsp3) is 0.222. The monoisotopic (exact) mass is 185 g/mol. The van der Waals surface area contributed by atoms with Crippen LogP contribution < -0.4 is 0 Å². The summed E-state index contributed by atoms with van der Waals surface area (Å²) in [6.45, 7) is 2.94. The fourth-order valence-electron chi connectivity index (χ4n) is 0.847. The highest BCUT2D eigenvalue weighted by molar-refractivity contribution is 5.12. The van der Waals surface area contributed by atoms with E-state index in [2.05, 4.69) is 11.6 Å². The summed E-state index contributed by atoms with van der Waals surface area (Å²) < 4.78 is 25.6. The van der Waals surface area contributed by atoms with Gasteiger partial charge in [-0.15, -0.1) is 0 Å². The first-order valence-electron chi connectivity index (χ1n) is 3.68. The van der Waals surface area contributed by atoms with Gasteiger partial charge in [-0.2, -0.15) is 8.78 Å². The van der Waals surface area contributed by atoms with Gasteiger partial charge in [0.25, 0.3) is 5.92 Å². The van der Waals surface area contributed by atoms with Crippen LogP contribution in [-0.2, 0) is 0 Å². The van der Waals surface area contributed by atoms with Crippen molar-refractivity contribution in [3.05, 3.63) is 42.7 Å². The van der Waals surface area contributed by atoms with Crippen molar-refractivity contribution < 1.29 is 13.9 Å². The normalized spacial score (nSPS) is 13.8. The van der Waals surface area contributed by atoms with E-state index in [9.17, 15) is 8.78 Å². The molecule has 0 aliphatic rings. The van der Waals surface area contributed by atoms with Gasteiger partial charge in [-0.3, -0.25) is 4.98 Å². The Balaban J connectivity index is 2.91. The average molecular weight is 185 g/mol. The Morgan fingerprint density at radius 1 is 1.54 bits per heavy atom. The molecule has 2 nitrogen and oxygen atoms in total. The molecule has 0 saturated heterocycles. The van der Waals surface area contributed by atoms with Crippen molar-refractivity contribution in [1.29, 1.82) is 0 Å². The number of halogens is 2. The third-order valence-corrected chi connectivity index (χ3v) is 1.60. The molecule has 0 bridgehead atoms. The van der Waals surface area contributed by atoms with Gasteiger partial charge >= 0.3 is 0 Å². The highest BCUT2D eigenvalue weighted by Crippen LogP contribution is 2.30. The molecule has 0 saturated carbocycles. The number of aromatic nitrogens is 1. The first-order valence-corrected chi connectivity index (χ1v) is 3.68. The predicted octanol–water partition coefficient (Wildman–Crippen LogP) is 1.94. The lowest BCUT2D eigenvalue weighted by Crippen LogP contribution is -2.23. The summed E-state index contributed by atoms with van der Waals surface area (Å²) in [5, 5.41) is 9.16. The average Bonchev–Trinajstić information content (AvgIpc) is 2.18. The summed E-state index contributed by atoms with van der Waals surface area (Å²) in [5.41, 5.74) is -0.0626. The molecule has 70 valence electrons. The maximum absolute atomic E-state index is 12.8. The molecule has 0 spiro atoms. The van der Waals surface area contributed by atoms with E-state index in [1.807, 2.05) is 0 Å². The molecule has 0 aromatic carbocycles. The Hall–Kier alpha value is -1.29. The zero-order chi connectivity index (χ0) is 9.90. The molecule has 1 atom stereocenters. The molecule has 4 heteroatoms. The minimum Gasteiger partial charge on any atom is -0.380 e. The smallest absolute Gasteiger partial charge is 0.297 e. The Bertz CT molecular complexity index is 287. The second kappa shape index (κ2) is 3.62. The first-order chi connectivity index (χ1) is 6.08. The van der Waals surface area contributed by atoms with E-state index in [0.29, 0.717) is 6.08 Å². The zero-order valence-corrected chi connectivity index (χ0v) is 6.82. The van der Waals surface area contributed by atoms with Gasteiger partial charge < -0.3 is 5.11 Å². The summed E-state index contributed by atoms with van der Waals surface area (Å²) in [6.07, 6.45) is -0.171. The quantitative estimate of drug-likeness (QED) is 0.730. The number of alkyl halides is 2. The SMILES string of the molecule is C=CC(F)(F)C(O)c1ccccn1. The van der Waals surface area contributed by atoms with Crippen LogP contribution in [0.4, 0.5) is 8.78 Å². The van der Waals surface area contributed by atoms with Gasteiger partial charge in [0.15, 0.2) is 6.10 Å². The van der Waals surface area contributed by atoms with Crippen LogP contribution in [0, 0.1) is 0 Å². The van der Waals surface area contributed by atoms with Crippen LogP contribution in [0.25, 0.3) is 0 Å². The highest BCUT2D eigenvalue weighted by atomic mass is 19.3. The molecule has 0 amide bonds. The van der Waals surface area contributed by atoms with E-state index >= 15 is 0 Å². The van der Waals surface area contributed by atoms with Crippen LogP contribution in [0.5, 0.6) is 0 Å². The summed E-state index contributed by atoms with van der Waals surface area (Å²) in [7, 11) is 0. The zero-order valence-electron chi connectivity index (χ0n) is 6.82. The van der Waals surface area contributed by atoms with Gasteiger partial charge in [0, 0.05) is 6.20 Å². The molecular weight excluding hydrogens is 176 g/mol. The molecule has 0 fully saturated rings. The van der Waals surface area contributed by atoms with Gasteiger partial charge in [-0.25, -0.2) is 0 Å². The van der Waals surface area contributed by atoms with Crippen molar-refractivity contribution in [2.24, 2.45) is 0 Å². The van der Waals surface area contributed by atoms with Gasteiger partial charge in [-0.05, 0) is 18.2 Å². The number of nitrogens with zero attached hydrogens (tertiary/aromatic N) is 1. The molecule has 0 aliphatic heterocycles. The number of hydrogen-bond acceptors (Lipinski definition) is 2. The third-order valence-electron chi connectivity index (χ3n) is 1.60. The minimum absolute atomic E-state index is 0.0626. The van der Waals surface area contributed by atoms with Crippen LogP contribution in [-0.4, -0.2) is 16.0 Å². The predicted molar refractivity (Wildman–Crippen MR) is 44.3 cm³/mol. The summed E-state index contributed by atoms with van der Waals surface area (Å²) >= 11 is 0. The summed E-state index contributed by atoms with van der Waals surface area (Å²) in [6, 6.07) is 4.45. The van der Waals surface area contributed by atoms with E-state index in [1.165, 1.54) is 18.3 Å². The van der Waals surface area contributed by atoms with Gasteiger partial charge in [-0.1, -0.05) is 12.6 Å². The van der Waals surface area contributed by atoms with Crippen molar-refractivity contribution >= 4 is 0 Å². The standard InChI is InChI=1S/C9H9F2NO/c1-2-9(10,11)8(13)7-5-3-4-6-12-7/h2-6,8,13H,1H2. The largest absolute Gasteiger partial charge is 0.380 e. The summed E-state index contributed by atoms with van der Waals surface area (Å²) in [5.74, 6) is -3.34. The molecule has 13 heavy (non-hydrogen) atoms.